The van der Waals surface area contributed by atoms with Gasteiger partial charge in [0.25, 0.3) is 0 Å². The molecule has 18 heavy (non-hydrogen) atoms. The molecule has 1 aromatic carbocycles. The molecule has 4 heteroatoms. The normalized spacial score (nSPS) is 21.7. The third-order valence-electron chi connectivity index (χ3n) is 3.97. The summed E-state index contributed by atoms with van der Waals surface area (Å²) in [6.07, 6.45) is 6.37. The van der Waals surface area contributed by atoms with Crippen LogP contribution in [0.2, 0.25) is 5.02 Å². The monoisotopic (exact) mass is 264 g/mol. The van der Waals surface area contributed by atoms with Gasteiger partial charge < -0.3 is 10.6 Å². The number of halogens is 1. The first-order valence-electron chi connectivity index (χ1n) is 6.55. The number of rotatable bonds is 0. The first-order chi connectivity index (χ1) is 8.67. The fourth-order valence-corrected chi connectivity index (χ4v) is 3.26. The molecule has 1 amide bonds. The lowest BCUT2D eigenvalue weighted by Crippen LogP contribution is -2.41. The zero-order valence-corrected chi connectivity index (χ0v) is 11.0. The summed E-state index contributed by atoms with van der Waals surface area (Å²) in [5.74, 6) is 0.0883. The fourth-order valence-electron chi connectivity index (χ4n) is 3.09. The number of carbonyl (C=O) groups is 1. The average Bonchev–Trinajstić information content (AvgIpc) is 2.45. The Labute approximate surface area is 112 Å². The zero-order chi connectivity index (χ0) is 12.6. The van der Waals surface area contributed by atoms with E-state index in [1.807, 2.05) is 18.2 Å². The van der Waals surface area contributed by atoms with Crippen LogP contribution in [-0.4, -0.2) is 11.4 Å². The molecule has 3 rings (SSSR count). The van der Waals surface area contributed by atoms with Crippen LogP contribution < -0.4 is 10.6 Å². The molecular weight excluding hydrogens is 248 g/mol. The van der Waals surface area contributed by atoms with Gasteiger partial charge in [-0.2, -0.15) is 0 Å². The van der Waals surface area contributed by atoms with Crippen molar-refractivity contribution in [1.29, 1.82) is 0 Å². The summed E-state index contributed by atoms with van der Waals surface area (Å²) in [6.45, 7) is 0. The molecule has 1 fully saturated rings. The van der Waals surface area contributed by atoms with Crippen LogP contribution in [-0.2, 0) is 4.79 Å². The minimum absolute atomic E-state index is 0.0542. The minimum Gasteiger partial charge on any atom is -0.377 e. The van der Waals surface area contributed by atoms with Gasteiger partial charge in [-0.1, -0.05) is 30.9 Å². The van der Waals surface area contributed by atoms with E-state index in [9.17, 15) is 4.79 Å². The molecule has 1 heterocycles. The molecule has 2 N–H and O–H groups in total. The van der Waals surface area contributed by atoms with Gasteiger partial charge >= 0.3 is 0 Å². The zero-order valence-electron chi connectivity index (χ0n) is 10.3. The van der Waals surface area contributed by atoms with Crippen molar-refractivity contribution >= 4 is 28.9 Å². The van der Waals surface area contributed by atoms with E-state index < -0.39 is 0 Å². The first kappa shape index (κ1) is 11.8. The average molecular weight is 265 g/mol. The van der Waals surface area contributed by atoms with Crippen molar-refractivity contribution in [3.05, 3.63) is 23.2 Å². The Morgan fingerprint density at radius 1 is 1.11 bits per heavy atom. The van der Waals surface area contributed by atoms with Gasteiger partial charge in [0.15, 0.2) is 0 Å². The summed E-state index contributed by atoms with van der Waals surface area (Å²) >= 11 is 5.98. The van der Waals surface area contributed by atoms with Crippen molar-refractivity contribution in [1.82, 2.24) is 0 Å². The van der Waals surface area contributed by atoms with E-state index in [0.29, 0.717) is 11.4 Å². The lowest BCUT2D eigenvalue weighted by atomic mass is 9.79. The van der Waals surface area contributed by atoms with Gasteiger partial charge in [0, 0.05) is 17.0 Å². The number of hydrogen-bond acceptors (Lipinski definition) is 2. The number of benzene rings is 1. The number of fused-ring (bicyclic) bond motifs is 1. The van der Waals surface area contributed by atoms with Crippen molar-refractivity contribution in [3.63, 3.8) is 0 Å². The van der Waals surface area contributed by atoms with Gasteiger partial charge in [-0.3, -0.25) is 4.79 Å². The van der Waals surface area contributed by atoms with E-state index in [1.165, 1.54) is 19.3 Å². The Bertz CT molecular complexity index is 481. The molecule has 0 radical (unpaired) electrons. The second-order valence-electron chi connectivity index (χ2n) is 5.38. The Morgan fingerprint density at radius 2 is 1.89 bits per heavy atom. The Kier molecular flexibility index (Phi) is 2.94. The van der Waals surface area contributed by atoms with Crippen LogP contribution in [0, 0.1) is 0 Å². The van der Waals surface area contributed by atoms with Crippen LogP contribution in [0.4, 0.5) is 11.4 Å². The highest BCUT2D eigenvalue weighted by atomic mass is 35.5. The molecule has 1 saturated carbocycles. The molecular formula is C14H17ClN2O. The second-order valence-corrected chi connectivity index (χ2v) is 5.82. The van der Waals surface area contributed by atoms with Crippen LogP contribution in [0.15, 0.2) is 18.2 Å². The molecule has 1 spiro atoms. The molecule has 1 aliphatic heterocycles. The predicted molar refractivity (Wildman–Crippen MR) is 74.1 cm³/mol. The van der Waals surface area contributed by atoms with Crippen LogP contribution >= 0.6 is 11.6 Å². The van der Waals surface area contributed by atoms with Gasteiger partial charge in [0.05, 0.1) is 11.4 Å². The number of carbonyl (C=O) groups excluding carboxylic acids is 1. The van der Waals surface area contributed by atoms with Crippen LogP contribution in [0.3, 0.4) is 0 Å². The first-order valence-corrected chi connectivity index (χ1v) is 6.92. The van der Waals surface area contributed by atoms with Crippen molar-refractivity contribution in [2.45, 2.75) is 44.1 Å². The maximum atomic E-state index is 12.0. The smallest absolute Gasteiger partial charge is 0.226 e. The van der Waals surface area contributed by atoms with E-state index in [2.05, 4.69) is 10.6 Å². The minimum atomic E-state index is -0.0542. The maximum absolute atomic E-state index is 12.0. The quantitative estimate of drug-likeness (QED) is 0.748. The number of anilines is 2. The highest BCUT2D eigenvalue weighted by Crippen LogP contribution is 2.39. The highest BCUT2D eigenvalue weighted by Gasteiger charge is 2.36. The Hall–Kier alpha value is -1.22. The molecule has 96 valence electrons. The molecule has 0 aromatic heterocycles. The second kappa shape index (κ2) is 4.47. The molecule has 2 aliphatic rings. The van der Waals surface area contributed by atoms with E-state index in [1.54, 1.807) is 0 Å². The molecule has 0 bridgehead atoms. The lowest BCUT2D eigenvalue weighted by molar-refractivity contribution is -0.117. The van der Waals surface area contributed by atoms with E-state index >= 15 is 0 Å². The molecule has 1 aliphatic carbocycles. The summed E-state index contributed by atoms with van der Waals surface area (Å²) < 4.78 is 0. The summed E-state index contributed by atoms with van der Waals surface area (Å²) in [5.41, 5.74) is 1.74. The fraction of sp³-hybridized carbons (Fsp3) is 0.500. The standard InChI is InChI=1S/C14H17ClN2O/c15-10-4-5-11-12(8-10)16-13(18)9-14(17-11)6-2-1-3-7-14/h4-5,8,17H,1-3,6-7,9H2,(H,16,18). The van der Waals surface area contributed by atoms with Gasteiger partial charge in [0.1, 0.15) is 0 Å². The SMILES string of the molecule is O=C1CC2(CCCCC2)Nc2ccc(Cl)cc2N1. The van der Waals surface area contributed by atoms with Gasteiger partial charge in [-0.25, -0.2) is 0 Å². The number of amides is 1. The maximum Gasteiger partial charge on any atom is 0.226 e. The summed E-state index contributed by atoms with van der Waals surface area (Å²) in [6, 6.07) is 5.63. The Morgan fingerprint density at radius 3 is 2.67 bits per heavy atom. The summed E-state index contributed by atoms with van der Waals surface area (Å²) in [7, 11) is 0. The van der Waals surface area contributed by atoms with Crippen LogP contribution in [0.25, 0.3) is 0 Å². The van der Waals surface area contributed by atoms with Gasteiger partial charge in [0.2, 0.25) is 5.91 Å². The predicted octanol–water partition coefficient (Wildman–Crippen LogP) is 3.80. The van der Waals surface area contributed by atoms with Crippen molar-refractivity contribution < 1.29 is 4.79 Å². The number of nitrogens with one attached hydrogen (secondary N) is 2. The molecule has 1 aromatic rings. The third kappa shape index (κ3) is 2.19. The third-order valence-corrected chi connectivity index (χ3v) is 4.20. The van der Waals surface area contributed by atoms with Gasteiger partial charge in [-0.15, -0.1) is 0 Å². The van der Waals surface area contributed by atoms with Crippen molar-refractivity contribution in [2.24, 2.45) is 0 Å². The summed E-state index contributed by atoms with van der Waals surface area (Å²) in [5, 5.41) is 7.19. The van der Waals surface area contributed by atoms with Gasteiger partial charge in [-0.05, 0) is 31.0 Å². The molecule has 0 atom stereocenters. The highest BCUT2D eigenvalue weighted by molar-refractivity contribution is 6.31. The van der Waals surface area contributed by atoms with Crippen molar-refractivity contribution in [2.75, 3.05) is 10.6 Å². The van der Waals surface area contributed by atoms with Crippen LogP contribution in [0.5, 0.6) is 0 Å². The van der Waals surface area contributed by atoms with Crippen LogP contribution in [0.1, 0.15) is 38.5 Å². The number of hydrogen-bond donors (Lipinski definition) is 2. The molecule has 0 unspecified atom stereocenters. The Balaban J connectivity index is 1.97. The molecule has 0 saturated heterocycles. The largest absolute Gasteiger partial charge is 0.377 e. The lowest BCUT2D eigenvalue weighted by Gasteiger charge is -2.37. The van der Waals surface area contributed by atoms with E-state index in [0.717, 1.165) is 24.2 Å². The van der Waals surface area contributed by atoms with Crippen molar-refractivity contribution in [3.8, 4) is 0 Å². The molecule has 3 nitrogen and oxygen atoms in total. The topological polar surface area (TPSA) is 41.1 Å². The van der Waals surface area contributed by atoms with E-state index in [4.69, 9.17) is 11.6 Å². The summed E-state index contributed by atoms with van der Waals surface area (Å²) in [4.78, 5) is 12.0. The van der Waals surface area contributed by atoms with E-state index in [-0.39, 0.29) is 11.4 Å².